The van der Waals surface area contributed by atoms with Crippen LogP contribution in [0, 0.1) is 0 Å². The maximum atomic E-state index is 12.3. The molecule has 0 unspecified atom stereocenters. The van der Waals surface area contributed by atoms with Crippen molar-refractivity contribution in [2.24, 2.45) is 0 Å². The summed E-state index contributed by atoms with van der Waals surface area (Å²) >= 11 is 1.75. The second kappa shape index (κ2) is 8.10. The van der Waals surface area contributed by atoms with E-state index in [2.05, 4.69) is 32.8 Å². The minimum Gasteiger partial charge on any atom is -0.353 e. The van der Waals surface area contributed by atoms with E-state index in [9.17, 15) is 4.79 Å². The van der Waals surface area contributed by atoms with Gasteiger partial charge in [-0.25, -0.2) is 9.97 Å². The third-order valence-electron chi connectivity index (χ3n) is 4.85. The molecule has 3 heterocycles. The average molecular weight is 362 g/mol. The van der Waals surface area contributed by atoms with Crippen LogP contribution in [-0.4, -0.2) is 71.5 Å². The largest absolute Gasteiger partial charge is 0.353 e. The highest BCUT2D eigenvalue weighted by Gasteiger charge is 2.23. The molecule has 7 heteroatoms. The summed E-state index contributed by atoms with van der Waals surface area (Å²) in [6, 6.07) is 2.23. The Morgan fingerprint density at radius 3 is 2.52 bits per heavy atom. The number of piperazine rings is 1. The zero-order valence-electron chi connectivity index (χ0n) is 15.4. The van der Waals surface area contributed by atoms with Gasteiger partial charge in [0, 0.05) is 44.1 Å². The smallest absolute Gasteiger partial charge is 0.236 e. The van der Waals surface area contributed by atoms with Gasteiger partial charge in [0.25, 0.3) is 0 Å². The van der Waals surface area contributed by atoms with Gasteiger partial charge < -0.3 is 9.80 Å². The molecule has 0 spiro atoms. The summed E-state index contributed by atoms with van der Waals surface area (Å²) in [6.45, 7) is 11.9. The number of hydrogen-bond acceptors (Lipinski definition) is 6. The molecule has 2 aromatic heterocycles. The molecule has 0 saturated carbocycles. The second-order valence-corrected chi connectivity index (χ2v) is 7.43. The van der Waals surface area contributed by atoms with E-state index in [-0.39, 0.29) is 5.91 Å². The fraction of sp³-hybridized carbons (Fsp3) is 0.611. The van der Waals surface area contributed by atoms with Gasteiger partial charge >= 0.3 is 0 Å². The first-order valence-electron chi connectivity index (χ1n) is 9.14. The number of amides is 1. The third-order valence-corrected chi connectivity index (χ3v) is 6.04. The van der Waals surface area contributed by atoms with Crippen molar-refractivity contribution in [1.29, 1.82) is 0 Å². The number of hydrogen-bond donors (Lipinski definition) is 0. The van der Waals surface area contributed by atoms with Crippen molar-refractivity contribution in [3.8, 4) is 0 Å². The molecule has 0 N–H and O–H groups in total. The monoisotopic (exact) mass is 361 g/mol. The van der Waals surface area contributed by atoms with Crippen molar-refractivity contribution >= 4 is 33.3 Å². The van der Waals surface area contributed by atoms with Gasteiger partial charge in [0.1, 0.15) is 17.0 Å². The van der Waals surface area contributed by atoms with Crippen LogP contribution in [0.25, 0.3) is 10.2 Å². The summed E-state index contributed by atoms with van der Waals surface area (Å²) in [5.74, 6) is 1.27. The van der Waals surface area contributed by atoms with Gasteiger partial charge in [-0.1, -0.05) is 6.92 Å². The lowest BCUT2D eigenvalue weighted by atomic mass is 10.2. The van der Waals surface area contributed by atoms with Crippen LogP contribution in [0.5, 0.6) is 0 Å². The average Bonchev–Trinajstić information content (AvgIpc) is 3.07. The topological polar surface area (TPSA) is 52.6 Å². The summed E-state index contributed by atoms with van der Waals surface area (Å²) in [7, 11) is 0. The van der Waals surface area contributed by atoms with E-state index < -0.39 is 0 Å². The van der Waals surface area contributed by atoms with Gasteiger partial charge in [0.05, 0.1) is 11.9 Å². The highest BCUT2D eigenvalue weighted by atomic mass is 32.1. The van der Waals surface area contributed by atoms with Crippen molar-refractivity contribution in [1.82, 2.24) is 19.8 Å². The molecule has 1 amide bonds. The third kappa shape index (κ3) is 3.93. The van der Waals surface area contributed by atoms with Crippen LogP contribution >= 0.6 is 11.3 Å². The summed E-state index contributed by atoms with van der Waals surface area (Å²) in [5, 5.41) is 1.16. The van der Waals surface area contributed by atoms with Gasteiger partial charge in [-0.3, -0.25) is 9.69 Å². The minimum atomic E-state index is 0.230. The molecule has 0 aromatic carbocycles. The number of likely N-dealkylation sites (N-methyl/N-ethyl adjacent to an activating group) is 1. The molecule has 136 valence electrons. The van der Waals surface area contributed by atoms with E-state index in [0.29, 0.717) is 6.54 Å². The Hall–Kier alpha value is -1.73. The van der Waals surface area contributed by atoms with Crippen molar-refractivity contribution in [2.75, 3.05) is 50.7 Å². The van der Waals surface area contributed by atoms with Crippen molar-refractivity contribution in [2.45, 2.75) is 27.2 Å². The molecule has 2 aromatic rings. The maximum absolute atomic E-state index is 12.3. The number of aryl methyl sites for hydroxylation is 1. The molecule has 3 rings (SSSR count). The lowest BCUT2D eigenvalue weighted by Crippen LogP contribution is -2.50. The van der Waals surface area contributed by atoms with Crippen LogP contribution in [0.15, 0.2) is 12.4 Å². The first kappa shape index (κ1) is 18.1. The van der Waals surface area contributed by atoms with Gasteiger partial charge in [0.15, 0.2) is 0 Å². The molecule has 6 nitrogen and oxygen atoms in total. The predicted octanol–water partition coefficient (Wildman–Crippen LogP) is 2.24. The molecule has 1 aliphatic heterocycles. The summed E-state index contributed by atoms with van der Waals surface area (Å²) in [4.78, 5) is 30.1. The van der Waals surface area contributed by atoms with E-state index in [0.717, 1.165) is 61.7 Å². The van der Waals surface area contributed by atoms with Crippen molar-refractivity contribution in [3.05, 3.63) is 17.3 Å². The fourth-order valence-corrected chi connectivity index (χ4v) is 4.23. The SMILES string of the molecule is CCc1cc2c(N3CCN(CC(=O)N(CC)CC)CC3)ncnc2s1. The van der Waals surface area contributed by atoms with E-state index in [1.807, 2.05) is 18.7 Å². The van der Waals surface area contributed by atoms with Crippen LogP contribution in [0.1, 0.15) is 25.6 Å². The molecule has 0 radical (unpaired) electrons. The summed E-state index contributed by atoms with van der Waals surface area (Å²) in [5.41, 5.74) is 0. The van der Waals surface area contributed by atoms with Crippen molar-refractivity contribution < 1.29 is 4.79 Å². The molecule has 25 heavy (non-hydrogen) atoms. The second-order valence-electron chi connectivity index (χ2n) is 6.31. The quantitative estimate of drug-likeness (QED) is 0.790. The first-order valence-corrected chi connectivity index (χ1v) is 9.96. The van der Waals surface area contributed by atoms with E-state index in [4.69, 9.17) is 0 Å². The standard InChI is InChI=1S/C18H27N5OS/c1-4-14-11-15-17(19-13-20-18(15)25-14)23-9-7-21(8-10-23)12-16(24)22(5-2)6-3/h11,13H,4-10,12H2,1-3H3. The molecule has 0 aliphatic carbocycles. The zero-order valence-corrected chi connectivity index (χ0v) is 16.2. The van der Waals surface area contributed by atoms with Crippen LogP contribution < -0.4 is 4.90 Å². The first-order chi connectivity index (χ1) is 12.2. The van der Waals surface area contributed by atoms with Crippen LogP contribution in [0.4, 0.5) is 5.82 Å². The number of carbonyl (C=O) groups is 1. The normalized spacial score (nSPS) is 15.7. The summed E-state index contributed by atoms with van der Waals surface area (Å²) < 4.78 is 0. The Morgan fingerprint density at radius 1 is 1.16 bits per heavy atom. The highest BCUT2D eigenvalue weighted by molar-refractivity contribution is 7.18. The van der Waals surface area contributed by atoms with Crippen LogP contribution in [0.3, 0.4) is 0 Å². The lowest BCUT2D eigenvalue weighted by molar-refractivity contribution is -0.132. The number of thiophene rings is 1. The Kier molecular flexibility index (Phi) is 5.86. The Balaban J connectivity index is 1.65. The Morgan fingerprint density at radius 2 is 1.88 bits per heavy atom. The number of rotatable bonds is 6. The van der Waals surface area contributed by atoms with E-state index in [1.54, 1.807) is 17.7 Å². The summed E-state index contributed by atoms with van der Waals surface area (Å²) in [6.07, 6.45) is 2.70. The minimum absolute atomic E-state index is 0.230. The Labute approximate surface area is 153 Å². The van der Waals surface area contributed by atoms with E-state index >= 15 is 0 Å². The molecule has 0 bridgehead atoms. The Bertz CT molecular complexity index is 719. The molecule has 1 fully saturated rings. The number of nitrogens with zero attached hydrogens (tertiary/aromatic N) is 5. The molecule has 1 aliphatic rings. The van der Waals surface area contributed by atoms with Crippen molar-refractivity contribution in [3.63, 3.8) is 0 Å². The van der Waals surface area contributed by atoms with Gasteiger partial charge in [0.2, 0.25) is 5.91 Å². The van der Waals surface area contributed by atoms with E-state index in [1.165, 1.54) is 4.88 Å². The lowest BCUT2D eigenvalue weighted by Gasteiger charge is -2.36. The predicted molar refractivity (Wildman–Crippen MR) is 103 cm³/mol. The molecular formula is C18H27N5OS. The number of carbonyl (C=O) groups excluding carboxylic acids is 1. The van der Waals surface area contributed by atoms with Crippen LogP contribution in [0.2, 0.25) is 0 Å². The van der Waals surface area contributed by atoms with Gasteiger partial charge in [-0.2, -0.15) is 0 Å². The zero-order chi connectivity index (χ0) is 17.8. The number of aromatic nitrogens is 2. The van der Waals surface area contributed by atoms with Gasteiger partial charge in [-0.05, 0) is 26.3 Å². The molecule has 0 atom stereocenters. The highest BCUT2D eigenvalue weighted by Crippen LogP contribution is 2.30. The van der Waals surface area contributed by atoms with Crippen LogP contribution in [-0.2, 0) is 11.2 Å². The maximum Gasteiger partial charge on any atom is 0.236 e. The fourth-order valence-electron chi connectivity index (χ4n) is 3.30. The van der Waals surface area contributed by atoms with Gasteiger partial charge in [-0.15, -0.1) is 11.3 Å². The molecular weight excluding hydrogens is 334 g/mol. The number of anilines is 1. The molecule has 1 saturated heterocycles. The number of fused-ring (bicyclic) bond motifs is 1.